The fourth-order valence-electron chi connectivity index (χ4n) is 5.26. The number of carbonyl (C=O) groups excluding carboxylic acids is 3. The molecular weight excluding hydrogens is 456 g/mol. The number of amides is 2. The first-order chi connectivity index (χ1) is 17.4. The van der Waals surface area contributed by atoms with Crippen LogP contribution in [0, 0.1) is 5.92 Å². The second-order valence-corrected chi connectivity index (χ2v) is 10.1. The molecule has 0 aromatic heterocycles. The molecular formula is C29H40N2O5. The lowest BCUT2D eigenvalue weighted by Crippen LogP contribution is -2.53. The molecule has 1 aliphatic heterocycles. The number of aliphatic hydroxyl groups excluding tert-OH is 1. The fourth-order valence-corrected chi connectivity index (χ4v) is 5.26. The summed E-state index contributed by atoms with van der Waals surface area (Å²) < 4.78 is 5.54. The second-order valence-electron chi connectivity index (χ2n) is 10.1. The lowest BCUT2D eigenvalue weighted by atomic mass is 9.91. The molecule has 0 bridgehead atoms. The van der Waals surface area contributed by atoms with Crippen LogP contribution in [0.4, 0.5) is 0 Å². The second kappa shape index (κ2) is 13.4. The predicted octanol–water partition coefficient (Wildman–Crippen LogP) is 3.84. The molecule has 196 valence electrons. The number of allylic oxidation sites excluding steroid dienone is 2. The van der Waals surface area contributed by atoms with Crippen molar-refractivity contribution in [3.8, 4) is 0 Å². The van der Waals surface area contributed by atoms with Gasteiger partial charge in [0.2, 0.25) is 11.8 Å². The average Bonchev–Trinajstić information content (AvgIpc) is 3.35. The smallest absolute Gasteiger partial charge is 0.305 e. The Morgan fingerprint density at radius 2 is 1.89 bits per heavy atom. The minimum Gasteiger partial charge on any atom is -0.463 e. The summed E-state index contributed by atoms with van der Waals surface area (Å²) in [5.41, 5.74) is 1.62. The molecule has 0 saturated heterocycles. The molecule has 1 heterocycles. The standard InChI is InChI=1S/C29H40N2O5/c1-3-5-6-14-27(34)36-21-29(15-9-10-16-29)30-28(35)23(11-4-2)18-26(33)31-19-24-13-8-7-12-22(24)17-25(31)20-32/h3-4,7-8,12-13,23,25,32H,1-2,5-6,9-11,14-21H2,(H,30,35)/t23-,25-/m0/s1. The van der Waals surface area contributed by atoms with Crippen molar-refractivity contribution in [1.82, 2.24) is 10.2 Å². The molecule has 2 N–H and O–H groups in total. The van der Waals surface area contributed by atoms with E-state index in [9.17, 15) is 19.5 Å². The summed E-state index contributed by atoms with van der Waals surface area (Å²) in [5.74, 6) is -1.21. The van der Waals surface area contributed by atoms with Gasteiger partial charge >= 0.3 is 5.97 Å². The SMILES string of the molecule is C=CCCCC(=O)OCC1(NC(=O)[C@@H](CC=C)CC(=O)N2Cc3ccccc3C[C@H]2CO)CCCC1. The van der Waals surface area contributed by atoms with Crippen molar-refractivity contribution in [2.24, 2.45) is 5.92 Å². The van der Waals surface area contributed by atoms with Gasteiger partial charge in [0.15, 0.2) is 0 Å². The highest BCUT2D eigenvalue weighted by Gasteiger charge is 2.39. The molecule has 0 radical (unpaired) electrons. The van der Waals surface area contributed by atoms with Crippen LogP contribution in [0.15, 0.2) is 49.6 Å². The zero-order valence-electron chi connectivity index (χ0n) is 21.3. The van der Waals surface area contributed by atoms with Crippen molar-refractivity contribution in [2.75, 3.05) is 13.2 Å². The highest BCUT2D eigenvalue weighted by molar-refractivity contribution is 5.86. The minimum atomic E-state index is -0.592. The number of ether oxygens (including phenoxy) is 1. The number of carbonyl (C=O) groups is 3. The van der Waals surface area contributed by atoms with Crippen molar-refractivity contribution in [2.45, 2.75) is 82.3 Å². The van der Waals surface area contributed by atoms with Crippen LogP contribution in [-0.4, -0.2) is 52.6 Å². The molecule has 2 amide bonds. The van der Waals surface area contributed by atoms with Crippen molar-refractivity contribution in [1.29, 1.82) is 0 Å². The Balaban J connectivity index is 1.64. The number of nitrogens with zero attached hydrogens (tertiary/aromatic N) is 1. The number of fused-ring (bicyclic) bond motifs is 1. The maximum Gasteiger partial charge on any atom is 0.305 e. The van der Waals surface area contributed by atoms with Crippen molar-refractivity contribution >= 4 is 17.8 Å². The minimum absolute atomic E-state index is 0.0357. The largest absolute Gasteiger partial charge is 0.463 e. The van der Waals surface area contributed by atoms with Gasteiger partial charge < -0.3 is 20.1 Å². The van der Waals surface area contributed by atoms with Gasteiger partial charge in [-0.05, 0) is 49.7 Å². The van der Waals surface area contributed by atoms with Gasteiger partial charge in [0.25, 0.3) is 0 Å². The summed E-state index contributed by atoms with van der Waals surface area (Å²) in [6.45, 7) is 7.90. The van der Waals surface area contributed by atoms with Gasteiger partial charge in [0.1, 0.15) is 6.61 Å². The topological polar surface area (TPSA) is 95.9 Å². The van der Waals surface area contributed by atoms with E-state index < -0.39 is 11.5 Å². The number of hydrogen-bond donors (Lipinski definition) is 2. The first-order valence-corrected chi connectivity index (χ1v) is 13.1. The Hall–Kier alpha value is -2.93. The summed E-state index contributed by atoms with van der Waals surface area (Å²) in [4.78, 5) is 40.6. The molecule has 7 nitrogen and oxygen atoms in total. The molecule has 1 fully saturated rings. The third kappa shape index (κ3) is 7.29. The van der Waals surface area contributed by atoms with Crippen LogP contribution in [0.3, 0.4) is 0 Å². The molecule has 1 aromatic rings. The zero-order chi connectivity index (χ0) is 26.0. The van der Waals surface area contributed by atoms with E-state index in [1.807, 2.05) is 24.3 Å². The molecule has 0 spiro atoms. The van der Waals surface area contributed by atoms with Crippen LogP contribution in [0.2, 0.25) is 0 Å². The highest BCUT2D eigenvalue weighted by Crippen LogP contribution is 2.31. The van der Waals surface area contributed by atoms with Crippen molar-refractivity contribution in [3.63, 3.8) is 0 Å². The first-order valence-electron chi connectivity index (χ1n) is 13.1. The van der Waals surface area contributed by atoms with Gasteiger partial charge in [-0.3, -0.25) is 14.4 Å². The monoisotopic (exact) mass is 496 g/mol. The Morgan fingerprint density at radius 1 is 1.17 bits per heavy atom. The van der Waals surface area contributed by atoms with Gasteiger partial charge in [0.05, 0.1) is 24.1 Å². The predicted molar refractivity (Wildman–Crippen MR) is 139 cm³/mol. The number of esters is 1. The van der Waals surface area contributed by atoms with Crippen molar-refractivity contribution in [3.05, 3.63) is 60.7 Å². The van der Waals surface area contributed by atoms with Gasteiger partial charge in [0, 0.05) is 19.4 Å². The van der Waals surface area contributed by atoms with Crippen LogP contribution in [0.5, 0.6) is 0 Å². The molecule has 1 aromatic carbocycles. The number of aliphatic hydroxyl groups is 1. The quantitative estimate of drug-likeness (QED) is 0.246. The maximum absolute atomic E-state index is 13.4. The number of hydrogen-bond acceptors (Lipinski definition) is 5. The number of rotatable bonds is 13. The van der Waals surface area contributed by atoms with E-state index in [2.05, 4.69) is 18.5 Å². The van der Waals surface area contributed by atoms with Crippen LogP contribution >= 0.6 is 0 Å². The van der Waals surface area contributed by atoms with Gasteiger partial charge in [-0.15, -0.1) is 13.2 Å². The zero-order valence-corrected chi connectivity index (χ0v) is 21.3. The molecule has 7 heteroatoms. The van der Waals surface area contributed by atoms with E-state index in [0.717, 1.165) is 43.2 Å². The summed E-state index contributed by atoms with van der Waals surface area (Å²) >= 11 is 0. The van der Waals surface area contributed by atoms with E-state index in [4.69, 9.17) is 4.74 Å². The Bertz CT molecular complexity index is 937. The number of benzene rings is 1. The van der Waals surface area contributed by atoms with Gasteiger partial charge in [-0.1, -0.05) is 49.3 Å². The normalized spacial score (nSPS) is 19.1. The van der Waals surface area contributed by atoms with E-state index >= 15 is 0 Å². The summed E-state index contributed by atoms with van der Waals surface area (Å²) in [7, 11) is 0. The van der Waals surface area contributed by atoms with Crippen LogP contribution in [0.1, 0.15) is 68.9 Å². The summed E-state index contributed by atoms with van der Waals surface area (Å²) in [6, 6.07) is 7.64. The molecule has 2 atom stereocenters. The first kappa shape index (κ1) is 27.7. The molecule has 1 saturated carbocycles. The number of unbranched alkanes of at least 4 members (excludes halogenated alkanes) is 1. The average molecular weight is 497 g/mol. The van der Waals surface area contributed by atoms with Crippen LogP contribution in [0.25, 0.3) is 0 Å². The third-order valence-electron chi connectivity index (χ3n) is 7.38. The molecule has 36 heavy (non-hydrogen) atoms. The highest BCUT2D eigenvalue weighted by atomic mass is 16.5. The van der Waals surface area contributed by atoms with Gasteiger partial charge in [-0.25, -0.2) is 0 Å². The summed E-state index contributed by atoms with van der Waals surface area (Å²) in [5, 5.41) is 13.1. The van der Waals surface area contributed by atoms with Crippen LogP contribution in [-0.2, 0) is 32.1 Å². The number of nitrogens with one attached hydrogen (secondary N) is 1. The Morgan fingerprint density at radius 3 is 2.56 bits per heavy atom. The van der Waals surface area contributed by atoms with Crippen LogP contribution < -0.4 is 5.32 Å². The van der Waals surface area contributed by atoms with E-state index in [0.29, 0.717) is 32.2 Å². The molecule has 3 rings (SSSR count). The van der Waals surface area contributed by atoms with E-state index in [1.165, 1.54) is 0 Å². The lowest BCUT2D eigenvalue weighted by Gasteiger charge is -2.37. The Labute approximate surface area is 214 Å². The van der Waals surface area contributed by atoms with E-state index in [-0.39, 0.29) is 43.5 Å². The molecule has 2 aliphatic rings. The molecule has 1 aliphatic carbocycles. The lowest BCUT2D eigenvalue weighted by molar-refractivity contribution is -0.147. The summed E-state index contributed by atoms with van der Waals surface area (Å²) in [6.07, 6.45) is 9.59. The Kier molecular flexibility index (Phi) is 10.3. The fraction of sp³-hybridized carbons (Fsp3) is 0.552. The third-order valence-corrected chi connectivity index (χ3v) is 7.38. The van der Waals surface area contributed by atoms with Crippen molar-refractivity contribution < 1.29 is 24.2 Å². The molecule has 0 unspecified atom stereocenters. The van der Waals surface area contributed by atoms with Gasteiger partial charge in [-0.2, -0.15) is 0 Å². The van der Waals surface area contributed by atoms with E-state index in [1.54, 1.807) is 17.1 Å². The maximum atomic E-state index is 13.4.